The average Bonchev–Trinajstić information content (AvgIpc) is 3.18. The van der Waals surface area contributed by atoms with Crippen molar-refractivity contribution in [3.05, 3.63) is 60.6 Å². The second-order valence-electron chi connectivity index (χ2n) is 7.40. The first kappa shape index (κ1) is 19.0. The Morgan fingerprint density at radius 2 is 2.10 bits per heavy atom. The quantitative estimate of drug-likeness (QED) is 0.696. The van der Waals surface area contributed by atoms with Gasteiger partial charge in [-0.05, 0) is 62.8 Å². The Hall–Kier alpha value is -3.32. The number of carbonyl (C=O) groups is 1. The Labute approximate surface area is 170 Å². The van der Waals surface area contributed by atoms with E-state index in [2.05, 4.69) is 30.5 Å². The zero-order chi connectivity index (χ0) is 20.2. The number of likely N-dealkylation sites (tertiary alicyclic amines) is 1. The lowest BCUT2D eigenvalue weighted by atomic mass is 10.1. The van der Waals surface area contributed by atoms with Crippen LogP contribution in [0.5, 0.6) is 0 Å². The number of hydrogen-bond acceptors (Lipinski definition) is 6. The Balaban J connectivity index is 1.50. The molecule has 2 aromatic heterocycles. The molecular formula is C22H24N6O. The first-order chi connectivity index (χ1) is 14.1. The third kappa shape index (κ3) is 4.57. The molecule has 1 amide bonds. The van der Waals surface area contributed by atoms with Crippen LogP contribution in [0.3, 0.4) is 0 Å². The van der Waals surface area contributed by atoms with Crippen molar-refractivity contribution in [1.82, 2.24) is 19.9 Å². The van der Waals surface area contributed by atoms with Crippen molar-refractivity contribution in [2.75, 3.05) is 30.8 Å². The van der Waals surface area contributed by atoms with E-state index in [4.69, 9.17) is 0 Å². The number of nitrogens with zero attached hydrogens (tertiary/aromatic N) is 4. The molecular weight excluding hydrogens is 364 g/mol. The molecule has 0 saturated carbocycles. The molecule has 1 aliphatic rings. The zero-order valence-corrected chi connectivity index (χ0v) is 16.6. The van der Waals surface area contributed by atoms with Crippen LogP contribution in [-0.2, 0) is 4.79 Å². The SMILES string of the molecule is Cc1ccc(NC(=O)[C@H]2CCN(C)C2)cc1Nc1nccc(-c2cccnc2)n1. The van der Waals surface area contributed by atoms with Crippen LogP contribution < -0.4 is 10.6 Å². The molecule has 1 fully saturated rings. The summed E-state index contributed by atoms with van der Waals surface area (Å²) in [6, 6.07) is 11.5. The van der Waals surface area contributed by atoms with Gasteiger partial charge in [0.05, 0.1) is 11.6 Å². The summed E-state index contributed by atoms with van der Waals surface area (Å²) in [5.41, 5.74) is 4.38. The molecule has 1 aliphatic heterocycles. The molecule has 148 valence electrons. The van der Waals surface area contributed by atoms with Gasteiger partial charge in [-0.1, -0.05) is 6.07 Å². The number of aryl methyl sites for hydroxylation is 1. The summed E-state index contributed by atoms with van der Waals surface area (Å²) in [5, 5.41) is 6.31. The summed E-state index contributed by atoms with van der Waals surface area (Å²) in [4.78, 5) is 27.8. The number of carbonyl (C=O) groups excluding carboxylic acids is 1. The number of anilines is 3. The predicted molar refractivity (Wildman–Crippen MR) is 114 cm³/mol. The van der Waals surface area contributed by atoms with Gasteiger partial charge in [0.2, 0.25) is 11.9 Å². The topological polar surface area (TPSA) is 83.0 Å². The van der Waals surface area contributed by atoms with E-state index in [-0.39, 0.29) is 11.8 Å². The second kappa shape index (κ2) is 8.36. The van der Waals surface area contributed by atoms with Crippen molar-refractivity contribution in [2.24, 2.45) is 5.92 Å². The zero-order valence-electron chi connectivity index (χ0n) is 16.6. The van der Waals surface area contributed by atoms with Crippen LogP contribution in [0.25, 0.3) is 11.3 Å². The van der Waals surface area contributed by atoms with E-state index in [1.807, 2.05) is 50.4 Å². The Morgan fingerprint density at radius 3 is 2.86 bits per heavy atom. The van der Waals surface area contributed by atoms with Gasteiger partial charge in [-0.3, -0.25) is 9.78 Å². The molecule has 1 atom stereocenters. The van der Waals surface area contributed by atoms with E-state index in [1.54, 1.807) is 18.6 Å². The Morgan fingerprint density at radius 1 is 1.21 bits per heavy atom. The number of amides is 1. The van der Waals surface area contributed by atoms with Crippen molar-refractivity contribution in [2.45, 2.75) is 13.3 Å². The maximum atomic E-state index is 12.5. The van der Waals surface area contributed by atoms with Gasteiger partial charge < -0.3 is 15.5 Å². The summed E-state index contributed by atoms with van der Waals surface area (Å²) in [5.74, 6) is 0.603. The van der Waals surface area contributed by atoms with Crippen molar-refractivity contribution in [1.29, 1.82) is 0 Å². The van der Waals surface area contributed by atoms with Crippen LogP contribution >= 0.6 is 0 Å². The van der Waals surface area contributed by atoms with Gasteiger partial charge in [-0.2, -0.15) is 0 Å². The van der Waals surface area contributed by atoms with Crippen LogP contribution in [0.15, 0.2) is 55.0 Å². The molecule has 0 unspecified atom stereocenters. The van der Waals surface area contributed by atoms with Crippen molar-refractivity contribution in [3.63, 3.8) is 0 Å². The van der Waals surface area contributed by atoms with Crippen molar-refractivity contribution in [3.8, 4) is 11.3 Å². The van der Waals surface area contributed by atoms with E-state index in [9.17, 15) is 4.79 Å². The largest absolute Gasteiger partial charge is 0.326 e. The molecule has 4 rings (SSSR count). The fourth-order valence-corrected chi connectivity index (χ4v) is 3.44. The molecule has 3 aromatic rings. The van der Waals surface area contributed by atoms with Crippen LogP contribution in [0.4, 0.5) is 17.3 Å². The van der Waals surface area contributed by atoms with Gasteiger partial charge in [-0.25, -0.2) is 9.97 Å². The van der Waals surface area contributed by atoms with Crippen LogP contribution in [0, 0.1) is 12.8 Å². The number of aromatic nitrogens is 3. The summed E-state index contributed by atoms with van der Waals surface area (Å²) in [6.45, 7) is 3.77. The minimum Gasteiger partial charge on any atom is -0.326 e. The maximum absolute atomic E-state index is 12.5. The third-order valence-corrected chi connectivity index (χ3v) is 5.13. The highest BCUT2D eigenvalue weighted by molar-refractivity contribution is 5.93. The van der Waals surface area contributed by atoms with Gasteiger partial charge in [-0.15, -0.1) is 0 Å². The van der Waals surface area contributed by atoms with E-state index >= 15 is 0 Å². The molecule has 2 N–H and O–H groups in total. The second-order valence-corrected chi connectivity index (χ2v) is 7.40. The van der Waals surface area contributed by atoms with E-state index < -0.39 is 0 Å². The lowest BCUT2D eigenvalue weighted by Gasteiger charge is -2.14. The van der Waals surface area contributed by atoms with E-state index in [0.29, 0.717) is 5.95 Å². The van der Waals surface area contributed by atoms with Crippen molar-refractivity contribution < 1.29 is 4.79 Å². The fraction of sp³-hybridized carbons (Fsp3) is 0.273. The number of rotatable bonds is 5. The van der Waals surface area contributed by atoms with Gasteiger partial charge >= 0.3 is 0 Å². The fourth-order valence-electron chi connectivity index (χ4n) is 3.44. The minimum absolute atomic E-state index is 0.0391. The molecule has 1 saturated heterocycles. The smallest absolute Gasteiger partial charge is 0.228 e. The van der Waals surface area contributed by atoms with Gasteiger partial charge in [0, 0.05) is 42.1 Å². The Kier molecular flexibility index (Phi) is 5.48. The van der Waals surface area contributed by atoms with Crippen LogP contribution in [0.1, 0.15) is 12.0 Å². The highest BCUT2D eigenvalue weighted by atomic mass is 16.1. The lowest BCUT2D eigenvalue weighted by molar-refractivity contribution is -0.119. The highest BCUT2D eigenvalue weighted by Gasteiger charge is 2.26. The molecule has 7 nitrogen and oxygen atoms in total. The number of pyridine rings is 1. The predicted octanol–water partition coefficient (Wildman–Crippen LogP) is 3.48. The summed E-state index contributed by atoms with van der Waals surface area (Å²) in [7, 11) is 2.04. The average molecular weight is 388 g/mol. The normalized spacial score (nSPS) is 16.6. The van der Waals surface area contributed by atoms with Crippen LogP contribution in [-0.4, -0.2) is 45.9 Å². The first-order valence-electron chi connectivity index (χ1n) is 9.69. The number of benzene rings is 1. The van der Waals surface area contributed by atoms with Gasteiger partial charge in [0.1, 0.15) is 0 Å². The molecule has 0 radical (unpaired) electrons. The third-order valence-electron chi connectivity index (χ3n) is 5.13. The first-order valence-corrected chi connectivity index (χ1v) is 9.69. The van der Waals surface area contributed by atoms with E-state index in [0.717, 1.165) is 47.7 Å². The van der Waals surface area contributed by atoms with Gasteiger partial charge in [0.15, 0.2) is 0 Å². The standard InChI is InChI=1S/C22H24N6O/c1-15-5-6-18(25-21(29)17-8-11-28(2)14-17)12-20(15)27-22-24-10-7-19(26-22)16-4-3-9-23-13-16/h3-7,9-10,12-13,17H,8,11,14H2,1-2H3,(H,25,29)(H,24,26,27)/t17-/m0/s1. The molecule has 0 bridgehead atoms. The molecule has 7 heteroatoms. The Bertz CT molecular complexity index is 1010. The van der Waals surface area contributed by atoms with E-state index in [1.165, 1.54) is 0 Å². The highest BCUT2D eigenvalue weighted by Crippen LogP contribution is 2.25. The molecule has 1 aromatic carbocycles. The van der Waals surface area contributed by atoms with Crippen LogP contribution in [0.2, 0.25) is 0 Å². The van der Waals surface area contributed by atoms with Crippen molar-refractivity contribution >= 4 is 23.2 Å². The van der Waals surface area contributed by atoms with Gasteiger partial charge in [0.25, 0.3) is 0 Å². The maximum Gasteiger partial charge on any atom is 0.228 e. The number of nitrogens with one attached hydrogen (secondary N) is 2. The molecule has 3 heterocycles. The molecule has 0 spiro atoms. The monoisotopic (exact) mass is 388 g/mol. The molecule has 0 aliphatic carbocycles. The summed E-state index contributed by atoms with van der Waals surface area (Å²) < 4.78 is 0. The summed E-state index contributed by atoms with van der Waals surface area (Å²) >= 11 is 0. The summed E-state index contributed by atoms with van der Waals surface area (Å²) in [6.07, 6.45) is 6.12. The number of hydrogen-bond donors (Lipinski definition) is 2. The minimum atomic E-state index is 0.0391. The lowest BCUT2D eigenvalue weighted by Crippen LogP contribution is -2.25. The molecule has 29 heavy (non-hydrogen) atoms.